The molecule has 0 spiro atoms. The first kappa shape index (κ1) is 18.3. The molecule has 0 bridgehead atoms. The van der Waals surface area contributed by atoms with Gasteiger partial charge in [-0.1, -0.05) is 41.0 Å². The number of rotatable bonds is 3. The quantitative estimate of drug-likeness (QED) is 0.697. The molecule has 0 fully saturated rings. The first-order valence-electron chi connectivity index (χ1n) is 5.05. The molecule has 1 unspecified atom stereocenters. The third-order valence-corrected chi connectivity index (χ3v) is 1.10. The summed E-state index contributed by atoms with van der Waals surface area (Å²) in [6.07, 6.45) is 1.61. The highest BCUT2D eigenvalue weighted by atomic mass is 16.5. The van der Waals surface area contributed by atoms with Crippen LogP contribution in [0.5, 0.6) is 0 Å². The summed E-state index contributed by atoms with van der Waals surface area (Å²) in [7, 11) is 1.35. The van der Waals surface area contributed by atoms with E-state index in [9.17, 15) is 4.79 Å². The third-order valence-electron chi connectivity index (χ3n) is 1.10. The van der Waals surface area contributed by atoms with Crippen LogP contribution >= 0.6 is 0 Å². The molecule has 0 aliphatic carbocycles. The Bertz CT molecular complexity index is 94.9. The van der Waals surface area contributed by atoms with Crippen molar-refractivity contribution in [1.82, 2.24) is 0 Å². The lowest BCUT2D eigenvalue weighted by Gasteiger charge is -2.05. The topological polar surface area (TPSA) is 52.3 Å². The zero-order valence-electron chi connectivity index (χ0n) is 9.89. The number of hydrogen-bond acceptors (Lipinski definition) is 3. The summed E-state index contributed by atoms with van der Waals surface area (Å²) in [6.45, 7) is 9.98. The van der Waals surface area contributed by atoms with E-state index >= 15 is 0 Å². The molecular weight excluding hydrogens is 166 g/mol. The molecule has 0 saturated heterocycles. The van der Waals surface area contributed by atoms with Crippen molar-refractivity contribution in [3.05, 3.63) is 0 Å². The van der Waals surface area contributed by atoms with Gasteiger partial charge in [-0.2, -0.15) is 0 Å². The lowest BCUT2D eigenvalue weighted by atomic mass is 10.2. The normalized spacial score (nSPS) is 9.77. The maximum absolute atomic E-state index is 10.6. The van der Waals surface area contributed by atoms with E-state index in [-0.39, 0.29) is 5.97 Å². The molecule has 0 rings (SSSR count). The standard InChI is InChI=1S/C6H13NO2.2C2H6/c1-3-4-5(7)6(8)9-2;2*1-2/h5H,3-4,7H2,1-2H3;2*1-2H3. The Kier molecular flexibility index (Phi) is 24.6. The minimum absolute atomic E-state index is 0.322. The largest absolute Gasteiger partial charge is 0.468 e. The second-order valence-corrected chi connectivity index (χ2v) is 1.92. The molecule has 2 N–H and O–H groups in total. The lowest BCUT2D eigenvalue weighted by Crippen LogP contribution is -2.31. The van der Waals surface area contributed by atoms with Gasteiger partial charge >= 0.3 is 5.97 Å². The van der Waals surface area contributed by atoms with Crippen molar-refractivity contribution >= 4 is 5.97 Å². The molecule has 13 heavy (non-hydrogen) atoms. The van der Waals surface area contributed by atoms with E-state index in [2.05, 4.69) is 4.74 Å². The summed E-state index contributed by atoms with van der Waals surface area (Å²) in [4.78, 5) is 10.6. The van der Waals surface area contributed by atoms with Gasteiger partial charge in [0.05, 0.1) is 7.11 Å². The number of nitrogens with two attached hydrogens (primary N) is 1. The summed E-state index contributed by atoms with van der Waals surface area (Å²) in [5.74, 6) is -0.322. The Morgan fingerprint density at radius 3 is 1.92 bits per heavy atom. The van der Waals surface area contributed by atoms with Crippen molar-refractivity contribution in [2.45, 2.75) is 53.5 Å². The van der Waals surface area contributed by atoms with Crippen LogP contribution in [0.2, 0.25) is 0 Å². The fraction of sp³-hybridized carbons (Fsp3) is 0.900. The highest BCUT2D eigenvalue weighted by molar-refractivity contribution is 5.75. The minimum Gasteiger partial charge on any atom is -0.468 e. The highest BCUT2D eigenvalue weighted by Crippen LogP contribution is 1.93. The monoisotopic (exact) mass is 191 g/mol. The van der Waals surface area contributed by atoms with E-state index < -0.39 is 6.04 Å². The molecule has 0 aromatic rings. The van der Waals surface area contributed by atoms with E-state index in [4.69, 9.17) is 5.73 Å². The van der Waals surface area contributed by atoms with E-state index in [1.54, 1.807) is 0 Å². The summed E-state index contributed by atoms with van der Waals surface area (Å²) in [6, 6.07) is -0.431. The molecule has 0 aromatic carbocycles. The van der Waals surface area contributed by atoms with Crippen LogP contribution in [-0.4, -0.2) is 19.1 Å². The molecule has 3 heteroatoms. The van der Waals surface area contributed by atoms with Crippen molar-refractivity contribution in [1.29, 1.82) is 0 Å². The Labute approximate surface area is 82.7 Å². The molecular formula is C10H25NO2. The SMILES string of the molecule is CC.CC.CCCC(N)C(=O)OC. The maximum Gasteiger partial charge on any atom is 0.322 e. The summed E-state index contributed by atoms with van der Waals surface area (Å²) < 4.78 is 4.40. The molecule has 0 amide bonds. The van der Waals surface area contributed by atoms with Crippen molar-refractivity contribution in [2.24, 2.45) is 5.73 Å². The average Bonchev–Trinajstić information content (AvgIpc) is 2.23. The van der Waals surface area contributed by atoms with Gasteiger partial charge in [-0.25, -0.2) is 0 Å². The summed E-state index contributed by atoms with van der Waals surface area (Å²) in [5.41, 5.74) is 5.36. The van der Waals surface area contributed by atoms with Crippen LogP contribution in [0.4, 0.5) is 0 Å². The molecule has 0 heterocycles. The molecule has 0 saturated carbocycles. The van der Waals surface area contributed by atoms with Crippen LogP contribution in [0.3, 0.4) is 0 Å². The van der Waals surface area contributed by atoms with E-state index in [1.165, 1.54) is 7.11 Å². The zero-order chi connectivity index (χ0) is 11.3. The van der Waals surface area contributed by atoms with Gasteiger partial charge in [-0.3, -0.25) is 4.79 Å². The number of esters is 1. The number of carbonyl (C=O) groups is 1. The molecule has 1 atom stereocenters. The van der Waals surface area contributed by atoms with Gasteiger partial charge < -0.3 is 10.5 Å². The van der Waals surface area contributed by atoms with Crippen molar-refractivity contribution < 1.29 is 9.53 Å². The van der Waals surface area contributed by atoms with Crippen LogP contribution < -0.4 is 5.73 Å². The molecule has 82 valence electrons. The lowest BCUT2D eigenvalue weighted by molar-refractivity contribution is -0.142. The number of carbonyl (C=O) groups excluding carboxylic acids is 1. The zero-order valence-corrected chi connectivity index (χ0v) is 9.89. The average molecular weight is 191 g/mol. The maximum atomic E-state index is 10.6. The minimum atomic E-state index is -0.431. The van der Waals surface area contributed by atoms with Crippen LogP contribution in [0, 0.1) is 0 Å². The van der Waals surface area contributed by atoms with E-state index in [1.807, 2.05) is 34.6 Å². The second kappa shape index (κ2) is 17.5. The predicted octanol–water partition coefficient (Wildman–Crippen LogP) is 2.34. The van der Waals surface area contributed by atoms with Gasteiger partial charge in [0.25, 0.3) is 0 Å². The van der Waals surface area contributed by atoms with Crippen molar-refractivity contribution in [3.8, 4) is 0 Å². The number of ether oxygens (including phenoxy) is 1. The predicted molar refractivity (Wildman–Crippen MR) is 57.6 cm³/mol. The Hall–Kier alpha value is -0.570. The van der Waals surface area contributed by atoms with E-state index in [0.29, 0.717) is 6.42 Å². The van der Waals surface area contributed by atoms with Crippen LogP contribution in [0.15, 0.2) is 0 Å². The Morgan fingerprint density at radius 2 is 1.69 bits per heavy atom. The van der Waals surface area contributed by atoms with Crippen molar-refractivity contribution in [3.63, 3.8) is 0 Å². The molecule has 0 radical (unpaired) electrons. The van der Waals surface area contributed by atoms with Gasteiger partial charge in [0, 0.05) is 0 Å². The fourth-order valence-corrected chi connectivity index (χ4v) is 0.580. The first-order chi connectivity index (χ1) is 6.22. The van der Waals surface area contributed by atoms with Gasteiger partial charge in [-0.05, 0) is 6.42 Å². The molecule has 0 aliphatic heterocycles. The third kappa shape index (κ3) is 14.3. The highest BCUT2D eigenvalue weighted by Gasteiger charge is 2.10. The second-order valence-electron chi connectivity index (χ2n) is 1.92. The van der Waals surface area contributed by atoms with Crippen LogP contribution in [0.25, 0.3) is 0 Å². The van der Waals surface area contributed by atoms with Crippen LogP contribution in [0.1, 0.15) is 47.5 Å². The molecule has 3 nitrogen and oxygen atoms in total. The Morgan fingerprint density at radius 1 is 1.31 bits per heavy atom. The van der Waals surface area contributed by atoms with Gasteiger partial charge in [-0.15, -0.1) is 0 Å². The first-order valence-corrected chi connectivity index (χ1v) is 5.05. The number of methoxy groups -OCH3 is 1. The molecule has 0 aromatic heterocycles. The smallest absolute Gasteiger partial charge is 0.322 e. The fourth-order valence-electron chi connectivity index (χ4n) is 0.580. The molecule has 0 aliphatic rings. The van der Waals surface area contributed by atoms with Gasteiger partial charge in [0.15, 0.2) is 0 Å². The van der Waals surface area contributed by atoms with Crippen LogP contribution in [-0.2, 0) is 9.53 Å². The Balaban J connectivity index is -0.000000218. The van der Waals surface area contributed by atoms with Crippen molar-refractivity contribution in [2.75, 3.05) is 7.11 Å². The van der Waals surface area contributed by atoms with Gasteiger partial charge in [0.1, 0.15) is 6.04 Å². The van der Waals surface area contributed by atoms with Gasteiger partial charge in [0.2, 0.25) is 0 Å². The summed E-state index contributed by atoms with van der Waals surface area (Å²) >= 11 is 0. The number of hydrogen-bond donors (Lipinski definition) is 1. The summed E-state index contributed by atoms with van der Waals surface area (Å²) in [5, 5.41) is 0. The van der Waals surface area contributed by atoms with E-state index in [0.717, 1.165) is 6.42 Å².